The van der Waals surface area contributed by atoms with Gasteiger partial charge in [0.15, 0.2) is 0 Å². The molecule has 0 saturated heterocycles. The summed E-state index contributed by atoms with van der Waals surface area (Å²) in [5, 5.41) is 3.04. The molecule has 0 atom stereocenters. The Bertz CT molecular complexity index is 597. The lowest BCUT2D eigenvalue weighted by Crippen LogP contribution is -2.03. The highest BCUT2D eigenvalue weighted by Gasteiger charge is 2.08. The molecule has 19 heavy (non-hydrogen) atoms. The molecule has 0 aliphatic carbocycles. The third kappa shape index (κ3) is 3.22. The number of nitrogens with one attached hydrogen (secondary N) is 1. The smallest absolute Gasteiger partial charge is 0.337 e. The van der Waals surface area contributed by atoms with Crippen LogP contribution in [-0.2, 0) is 4.74 Å². The van der Waals surface area contributed by atoms with E-state index in [-0.39, 0.29) is 5.82 Å². The van der Waals surface area contributed by atoms with Crippen molar-refractivity contribution < 1.29 is 13.9 Å². The van der Waals surface area contributed by atoms with Crippen LogP contribution in [0.5, 0.6) is 0 Å². The van der Waals surface area contributed by atoms with Gasteiger partial charge in [-0.05, 0) is 42.5 Å². The van der Waals surface area contributed by atoms with Crippen LogP contribution in [0.3, 0.4) is 0 Å². The van der Waals surface area contributed by atoms with Gasteiger partial charge in [-0.1, -0.05) is 0 Å². The third-order valence-corrected chi connectivity index (χ3v) is 2.51. The van der Waals surface area contributed by atoms with Crippen LogP contribution in [0, 0.1) is 5.82 Å². The predicted molar refractivity (Wildman–Crippen MR) is 71.9 cm³/mol. The largest absolute Gasteiger partial charge is 0.465 e. The highest BCUT2D eigenvalue weighted by Crippen LogP contribution is 2.21. The number of methoxy groups -OCH3 is 1. The van der Waals surface area contributed by atoms with E-state index in [2.05, 4.69) is 10.1 Å². The van der Waals surface area contributed by atoms with E-state index in [0.717, 1.165) is 0 Å². The second-order valence-corrected chi connectivity index (χ2v) is 3.97. The standard InChI is InChI=1S/C14H13FN2O2/c1-19-14(18)9-6-11(16)8-13(7-9)17-12-4-2-10(15)3-5-12/h2-8,17H,16H2,1H3. The Balaban J connectivity index is 2.27. The molecule has 2 aromatic carbocycles. The molecule has 0 aliphatic rings. The van der Waals surface area contributed by atoms with Crippen LogP contribution in [0.1, 0.15) is 10.4 Å². The number of benzene rings is 2. The molecule has 0 saturated carbocycles. The quantitative estimate of drug-likeness (QED) is 0.658. The predicted octanol–water partition coefficient (Wildman–Crippen LogP) is 2.94. The summed E-state index contributed by atoms with van der Waals surface area (Å²) in [6, 6.07) is 10.7. The summed E-state index contributed by atoms with van der Waals surface area (Å²) in [5.74, 6) is -0.775. The number of carbonyl (C=O) groups excluding carboxylic acids is 1. The van der Waals surface area contributed by atoms with Crippen molar-refractivity contribution in [1.82, 2.24) is 0 Å². The third-order valence-electron chi connectivity index (χ3n) is 2.51. The number of anilines is 3. The summed E-state index contributed by atoms with van der Waals surface area (Å²) >= 11 is 0. The number of nitrogen functional groups attached to an aromatic ring is 1. The van der Waals surface area contributed by atoms with Crippen molar-refractivity contribution in [2.45, 2.75) is 0 Å². The fourth-order valence-corrected chi connectivity index (χ4v) is 1.66. The zero-order valence-electron chi connectivity index (χ0n) is 10.3. The van der Waals surface area contributed by atoms with Gasteiger partial charge in [0.25, 0.3) is 0 Å². The lowest BCUT2D eigenvalue weighted by molar-refractivity contribution is 0.0601. The van der Waals surface area contributed by atoms with Gasteiger partial charge in [0.2, 0.25) is 0 Å². The van der Waals surface area contributed by atoms with Gasteiger partial charge in [0, 0.05) is 17.1 Å². The normalized spacial score (nSPS) is 10.0. The molecule has 0 bridgehead atoms. The van der Waals surface area contributed by atoms with E-state index in [1.165, 1.54) is 25.3 Å². The highest BCUT2D eigenvalue weighted by molar-refractivity contribution is 5.92. The highest BCUT2D eigenvalue weighted by atomic mass is 19.1. The second-order valence-electron chi connectivity index (χ2n) is 3.97. The molecule has 0 unspecified atom stereocenters. The molecule has 3 N–H and O–H groups in total. The van der Waals surface area contributed by atoms with Crippen molar-refractivity contribution in [1.29, 1.82) is 0 Å². The molecule has 98 valence electrons. The van der Waals surface area contributed by atoms with Crippen LogP contribution in [0.4, 0.5) is 21.5 Å². The Morgan fingerprint density at radius 2 is 1.84 bits per heavy atom. The van der Waals surface area contributed by atoms with Crippen LogP contribution in [-0.4, -0.2) is 13.1 Å². The minimum atomic E-state index is -0.463. The molecular formula is C14H13FN2O2. The summed E-state index contributed by atoms with van der Waals surface area (Å²) < 4.78 is 17.4. The minimum absolute atomic E-state index is 0.312. The molecule has 0 aromatic heterocycles. The van der Waals surface area contributed by atoms with E-state index in [1.54, 1.807) is 24.3 Å². The summed E-state index contributed by atoms with van der Waals surface area (Å²) in [7, 11) is 1.30. The number of ether oxygens (including phenoxy) is 1. The first kappa shape index (κ1) is 12.9. The monoisotopic (exact) mass is 260 g/mol. The van der Waals surface area contributed by atoms with E-state index in [9.17, 15) is 9.18 Å². The van der Waals surface area contributed by atoms with E-state index in [0.29, 0.717) is 22.6 Å². The average Bonchev–Trinajstić information content (AvgIpc) is 2.40. The molecular weight excluding hydrogens is 247 g/mol. The molecule has 0 aliphatic heterocycles. The zero-order chi connectivity index (χ0) is 13.8. The Kier molecular flexibility index (Phi) is 3.66. The molecule has 2 aromatic rings. The minimum Gasteiger partial charge on any atom is -0.465 e. The number of nitrogens with two attached hydrogens (primary N) is 1. The maximum Gasteiger partial charge on any atom is 0.337 e. The van der Waals surface area contributed by atoms with E-state index in [4.69, 9.17) is 5.73 Å². The Hall–Kier alpha value is -2.56. The van der Waals surface area contributed by atoms with Gasteiger partial charge in [-0.15, -0.1) is 0 Å². The van der Waals surface area contributed by atoms with Crippen LogP contribution < -0.4 is 11.1 Å². The fourth-order valence-electron chi connectivity index (χ4n) is 1.66. The van der Waals surface area contributed by atoms with Gasteiger partial charge in [0.05, 0.1) is 12.7 Å². The van der Waals surface area contributed by atoms with Crippen molar-refractivity contribution in [3.05, 3.63) is 53.8 Å². The molecule has 0 amide bonds. The topological polar surface area (TPSA) is 64.3 Å². The van der Waals surface area contributed by atoms with Crippen molar-refractivity contribution in [2.75, 3.05) is 18.2 Å². The first-order chi connectivity index (χ1) is 9.08. The lowest BCUT2D eigenvalue weighted by Gasteiger charge is -2.09. The SMILES string of the molecule is COC(=O)c1cc(N)cc(Nc2ccc(F)cc2)c1. The molecule has 4 nitrogen and oxygen atoms in total. The number of halogens is 1. The molecule has 0 radical (unpaired) electrons. The second kappa shape index (κ2) is 5.39. The van der Waals surface area contributed by atoms with Gasteiger partial charge in [0.1, 0.15) is 5.82 Å². The summed E-state index contributed by atoms with van der Waals surface area (Å²) in [5.41, 5.74) is 7.84. The molecule has 0 heterocycles. The van der Waals surface area contributed by atoms with Gasteiger partial charge in [-0.25, -0.2) is 9.18 Å². The van der Waals surface area contributed by atoms with Crippen molar-refractivity contribution >= 4 is 23.0 Å². The van der Waals surface area contributed by atoms with Gasteiger partial charge in [-0.3, -0.25) is 0 Å². The lowest BCUT2D eigenvalue weighted by atomic mass is 10.1. The first-order valence-corrected chi connectivity index (χ1v) is 5.60. The van der Waals surface area contributed by atoms with Gasteiger partial charge >= 0.3 is 5.97 Å². The van der Waals surface area contributed by atoms with Crippen LogP contribution >= 0.6 is 0 Å². The Labute approximate surface area is 110 Å². The number of rotatable bonds is 3. The summed E-state index contributed by atoms with van der Waals surface area (Å²) in [6.45, 7) is 0. The number of hydrogen-bond acceptors (Lipinski definition) is 4. The number of esters is 1. The molecule has 0 fully saturated rings. The maximum atomic E-state index is 12.8. The summed E-state index contributed by atoms with van der Waals surface area (Å²) in [6.07, 6.45) is 0. The van der Waals surface area contributed by atoms with E-state index >= 15 is 0 Å². The van der Waals surface area contributed by atoms with Crippen LogP contribution in [0.2, 0.25) is 0 Å². The number of hydrogen-bond donors (Lipinski definition) is 2. The zero-order valence-corrected chi connectivity index (χ0v) is 10.3. The first-order valence-electron chi connectivity index (χ1n) is 5.60. The fraction of sp³-hybridized carbons (Fsp3) is 0.0714. The Morgan fingerprint density at radius 1 is 1.16 bits per heavy atom. The van der Waals surface area contributed by atoms with Crippen LogP contribution in [0.25, 0.3) is 0 Å². The molecule has 0 spiro atoms. The van der Waals surface area contributed by atoms with E-state index < -0.39 is 5.97 Å². The average molecular weight is 260 g/mol. The molecule has 5 heteroatoms. The summed E-state index contributed by atoms with van der Waals surface area (Å²) in [4.78, 5) is 11.5. The van der Waals surface area contributed by atoms with Crippen molar-refractivity contribution in [3.8, 4) is 0 Å². The van der Waals surface area contributed by atoms with Gasteiger partial charge < -0.3 is 15.8 Å². The maximum absolute atomic E-state index is 12.8. The molecule has 2 rings (SSSR count). The van der Waals surface area contributed by atoms with E-state index in [1.807, 2.05) is 0 Å². The van der Waals surface area contributed by atoms with Crippen molar-refractivity contribution in [2.24, 2.45) is 0 Å². The van der Waals surface area contributed by atoms with Crippen molar-refractivity contribution in [3.63, 3.8) is 0 Å². The van der Waals surface area contributed by atoms with Crippen LogP contribution in [0.15, 0.2) is 42.5 Å². The number of carbonyl (C=O) groups is 1. The Morgan fingerprint density at radius 3 is 2.47 bits per heavy atom. The van der Waals surface area contributed by atoms with Gasteiger partial charge in [-0.2, -0.15) is 0 Å².